The van der Waals surface area contributed by atoms with Crippen molar-refractivity contribution >= 4 is 21.9 Å². The Kier molecular flexibility index (Phi) is 6.93. The van der Waals surface area contributed by atoms with Gasteiger partial charge in [0, 0.05) is 48.7 Å². The zero-order valence-corrected chi connectivity index (χ0v) is 20.9. The molecule has 2 aliphatic rings. The molecule has 0 bridgehead atoms. The van der Waals surface area contributed by atoms with Gasteiger partial charge in [0.25, 0.3) is 0 Å². The molecule has 0 spiro atoms. The third kappa shape index (κ3) is 4.60. The van der Waals surface area contributed by atoms with E-state index >= 15 is 0 Å². The van der Waals surface area contributed by atoms with E-state index in [9.17, 15) is 5.26 Å². The van der Waals surface area contributed by atoms with Crippen molar-refractivity contribution in [3.8, 4) is 17.2 Å². The van der Waals surface area contributed by atoms with Gasteiger partial charge in [0.2, 0.25) is 0 Å². The molecule has 3 aromatic heterocycles. The Morgan fingerprint density at radius 3 is 2.85 bits per heavy atom. The molecule has 9 heteroatoms. The normalized spacial score (nSPS) is 18.9. The highest BCUT2D eigenvalue weighted by Gasteiger charge is 2.47. The second-order valence-electron chi connectivity index (χ2n) is 9.73. The number of nitrogens with one attached hydrogen (secondary N) is 1. The summed E-state index contributed by atoms with van der Waals surface area (Å²) in [7, 11) is 0.388. The van der Waals surface area contributed by atoms with E-state index in [0.29, 0.717) is 30.1 Å². The van der Waals surface area contributed by atoms with E-state index < -0.39 is 0 Å². The maximum Gasteiger partial charge on any atom is 0.142 e. The summed E-state index contributed by atoms with van der Waals surface area (Å²) in [5, 5.41) is 18.9. The Balaban J connectivity index is 1.33. The first kappa shape index (κ1) is 23.4. The van der Waals surface area contributed by atoms with Gasteiger partial charge in [0.1, 0.15) is 23.7 Å². The Labute approximate surface area is 204 Å². The SMILES string of the molecule is C[S+](C)CCOCn1ccc2c(-c3cnn(C4(CC#N)CN(C5CCNCC5)C4)c3)ccnc21. The van der Waals surface area contributed by atoms with Gasteiger partial charge in [-0.05, 0) is 54.5 Å². The van der Waals surface area contributed by atoms with Crippen molar-refractivity contribution in [2.45, 2.75) is 37.6 Å². The summed E-state index contributed by atoms with van der Waals surface area (Å²) in [6.45, 7) is 5.22. The van der Waals surface area contributed by atoms with Crippen LogP contribution in [0, 0.1) is 11.3 Å². The largest absolute Gasteiger partial charge is 0.356 e. The number of ether oxygens (including phenoxy) is 1. The highest BCUT2D eigenvalue weighted by molar-refractivity contribution is 7.95. The molecule has 3 aromatic rings. The number of hydrogen-bond acceptors (Lipinski definition) is 6. The lowest BCUT2D eigenvalue weighted by Gasteiger charge is -2.53. The van der Waals surface area contributed by atoms with Gasteiger partial charge in [0.15, 0.2) is 0 Å². The number of fused-ring (bicyclic) bond motifs is 1. The Morgan fingerprint density at radius 2 is 2.09 bits per heavy atom. The van der Waals surface area contributed by atoms with E-state index in [-0.39, 0.29) is 5.54 Å². The minimum Gasteiger partial charge on any atom is -0.356 e. The van der Waals surface area contributed by atoms with E-state index in [1.54, 1.807) is 0 Å². The van der Waals surface area contributed by atoms with Gasteiger partial charge in [-0.25, -0.2) is 4.98 Å². The number of nitrogens with zero attached hydrogens (tertiary/aromatic N) is 6. The van der Waals surface area contributed by atoms with Crippen LogP contribution in [0.15, 0.2) is 36.9 Å². The minimum atomic E-state index is -0.235. The van der Waals surface area contributed by atoms with Crippen LogP contribution in [-0.2, 0) is 27.9 Å². The molecule has 0 radical (unpaired) electrons. The molecule has 1 N–H and O–H groups in total. The quantitative estimate of drug-likeness (QED) is 0.374. The zero-order valence-electron chi connectivity index (χ0n) is 20.1. The van der Waals surface area contributed by atoms with Crippen LogP contribution in [0.2, 0.25) is 0 Å². The van der Waals surface area contributed by atoms with Crippen molar-refractivity contribution in [3.05, 3.63) is 36.9 Å². The van der Waals surface area contributed by atoms with Crippen LogP contribution in [0.3, 0.4) is 0 Å². The van der Waals surface area contributed by atoms with Crippen molar-refractivity contribution in [1.82, 2.24) is 29.5 Å². The van der Waals surface area contributed by atoms with Crippen molar-refractivity contribution in [2.24, 2.45) is 0 Å². The Bertz CT molecular complexity index is 1150. The number of likely N-dealkylation sites (tertiary alicyclic amines) is 1. The molecule has 34 heavy (non-hydrogen) atoms. The summed E-state index contributed by atoms with van der Waals surface area (Å²) in [5.74, 6) is 1.08. The number of aromatic nitrogens is 4. The van der Waals surface area contributed by atoms with Crippen molar-refractivity contribution < 1.29 is 4.74 Å². The van der Waals surface area contributed by atoms with Crippen molar-refractivity contribution in [3.63, 3.8) is 0 Å². The van der Waals surface area contributed by atoms with Crippen LogP contribution in [0.1, 0.15) is 19.3 Å². The molecule has 2 aliphatic heterocycles. The van der Waals surface area contributed by atoms with E-state index in [4.69, 9.17) is 9.84 Å². The van der Waals surface area contributed by atoms with Crippen LogP contribution in [0.25, 0.3) is 22.2 Å². The van der Waals surface area contributed by atoms with E-state index in [1.165, 1.54) is 12.8 Å². The third-order valence-corrected chi connectivity index (χ3v) is 8.12. The first-order valence-corrected chi connectivity index (χ1v) is 14.2. The molecule has 0 unspecified atom stereocenters. The average molecular weight is 481 g/mol. The number of rotatable bonds is 9. The first-order chi connectivity index (χ1) is 16.6. The molecule has 2 fully saturated rings. The molecule has 0 aliphatic carbocycles. The highest BCUT2D eigenvalue weighted by Crippen LogP contribution is 2.37. The lowest BCUT2D eigenvalue weighted by atomic mass is 9.84. The molecular formula is C25H34N7OS+. The van der Waals surface area contributed by atoms with Crippen molar-refractivity contribution in [2.75, 3.05) is 51.1 Å². The highest BCUT2D eigenvalue weighted by atomic mass is 32.2. The number of pyridine rings is 1. The topological polar surface area (TPSA) is 83.9 Å². The number of nitriles is 1. The van der Waals surface area contributed by atoms with E-state index in [2.05, 4.69) is 50.6 Å². The fraction of sp³-hybridized carbons (Fsp3) is 0.560. The lowest BCUT2D eigenvalue weighted by Crippen LogP contribution is -2.66. The second kappa shape index (κ2) is 10.1. The molecule has 0 saturated carbocycles. The fourth-order valence-corrected chi connectivity index (χ4v) is 5.63. The first-order valence-electron chi connectivity index (χ1n) is 12.0. The minimum absolute atomic E-state index is 0.235. The molecule has 8 nitrogen and oxygen atoms in total. The van der Waals surface area contributed by atoms with Gasteiger partial charge in [-0.2, -0.15) is 10.4 Å². The Morgan fingerprint density at radius 1 is 1.26 bits per heavy atom. The van der Waals surface area contributed by atoms with Gasteiger partial charge in [0.05, 0.1) is 37.8 Å². The van der Waals surface area contributed by atoms with Gasteiger partial charge >= 0.3 is 0 Å². The molecule has 0 atom stereocenters. The van der Waals surface area contributed by atoms with Crippen molar-refractivity contribution in [1.29, 1.82) is 5.26 Å². The lowest BCUT2D eigenvalue weighted by molar-refractivity contribution is -0.0339. The maximum atomic E-state index is 9.57. The van der Waals surface area contributed by atoms with Crippen LogP contribution < -0.4 is 5.32 Å². The van der Waals surface area contributed by atoms with Gasteiger partial charge < -0.3 is 14.6 Å². The summed E-state index contributed by atoms with van der Waals surface area (Å²) in [4.78, 5) is 7.15. The van der Waals surface area contributed by atoms with Crippen LogP contribution in [-0.4, -0.2) is 81.3 Å². The standard InChI is InChI=1S/C25H34N7OS/c1-34(2)14-13-33-19-30-12-6-23-22(5-11-28-24(23)30)20-15-29-32(16-20)25(7-8-26)17-31(18-25)21-3-9-27-10-4-21/h5-6,11-12,15-16,21,27H,3-4,7,9-10,13-14,17-19H2,1-2H3/q+1. The average Bonchev–Trinajstić information content (AvgIpc) is 3.47. The van der Waals surface area contributed by atoms with Crippen LogP contribution in [0.4, 0.5) is 0 Å². The van der Waals surface area contributed by atoms with Gasteiger partial charge in [-0.15, -0.1) is 0 Å². The molecule has 180 valence electrons. The fourth-order valence-electron chi connectivity index (χ4n) is 5.18. The predicted octanol–water partition coefficient (Wildman–Crippen LogP) is 2.43. The third-order valence-electron chi connectivity index (χ3n) is 7.14. The van der Waals surface area contributed by atoms with Crippen LogP contribution >= 0.6 is 0 Å². The maximum absolute atomic E-state index is 9.57. The van der Waals surface area contributed by atoms with Gasteiger partial charge in [-0.1, -0.05) is 0 Å². The number of hydrogen-bond donors (Lipinski definition) is 1. The summed E-state index contributed by atoms with van der Waals surface area (Å²) in [5.41, 5.74) is 2.86. The molecule has 5 rings (SSSR count). The number of piperidine rings is 1. The van der Waals surface area contributed by atoms with E-state index in [0.717, 1.165) is 60.7 Å². The van der Waals surface area contributed by atoms with E-state index in [1.807, 2.05) is 29.3 Å². The molecule has 5 heterocycles. The summed E-state index contributed by atoms with van der Waals surface area (Å²) in [6.07, 6.45) is 15.3. The summed E-state index contributed by atoms with van der Waals surface area (Å²) >= 11 is 0. The summed E-state index contributed by atoms with van der Waals surface area (Å²) in [6, 6.07) is 7.19. The smallest absolute Gasteiger partial charge is 0.142 e. The molecule has 0 amide bonds. The molecule has 2 saturated heterocycles. The summed E-state index contributed by atoms with van der Waals surface area (Å²) < 4.78 is 9.98. The molecule has 0 aromatic carbocycles. The molecular weight excluding hydrogens is 446 g/mol. The second-order valence-corrected chi connectivity index (χ2v) is 12.1. The zero-order chi connectivity index (χ0) is 23.5. The Hall–Kier alpha value is -2.38. The van der Waals surface area contributed by atoms with Crippen LogP contribution in [0.5, 0.6) is 0 Å². The predicted molar refractivity (Wildman–Crippen MR) is 137 cm³/mol. The van der Waals surface area contributed by atoms with Gasteiger partial charge in [-0.3, -0.25) is 9.58 Å². The monoisotopic (exact) mass is 480 g/mol.